The maximum Gasteiger partial charge on any atom is 0.274 e. The number of carbonyl (C=O) groups is 1. The summed E-state index contributed by atoms with van der Waals surface area (Å²) in [5.74, 6) is 1.24. The van der Waals surface area contributed by atoms with E-state index in [0.717, 1.165) is 0 Å². The summed E-state index contributed by atoms with van der Waals surface area (Å²) in [7, 11) is 3.13. The lowest BCUT2D eigenvalue weighted by Crippen LogP contribution is -2.14. The molecule has 2 aromatic carbocycles. The highest BCUT2D eigenvalue weighted by atomic mass is 16.5. The largest absolute Gasteiger partial charge is 0.497 e. The molecule has 1 heterocycles. The minimum absolute atomic E-state index is 0.168. The Kier molecular flexibility index (Phi) is 5.67. The third-order valence-corrected chi connectivity index (χ3v) is 3.82. The van der Waals surface area contributed by atoms with Crippen molar-refractivity contribution in [2.24, 2.45) is 0 Å². The lowest BCUT2D eigenvalue weighted by Gasteiger charge is -2.12. The maximum atomic E-state index is 12.5. The number of nitrogens with one attached hydrogen (secondary N) is 2. The zero-order valence-corrected chi connectivity index (χ0v) is 15.3. The molecule has 0 fully saturated rings. The molecule has 0 aliphatic carbocycles. The number of carbonyl (C=O) groups excluding carboxylic acids is 1. The Labute approximate surface area is 161 Å². The highest BCUT2D eigenvalue weighted by molar-refractivity contribution is 6.03. The molecule has 2 N–H and O–H groups in total. The van der Waals surface area contributed by atoms with Crippen molar-refractivity contribution in [2.75, 3.05) is 24.9 Å². The van der Waals surface area contributed by atoms with Crippen molar-refractivity contribution in [3.05, 3.63) is 66.1 Å². The molecule has 0 unspecified atom stereocenters. The van der Waals surface area contributed by atoms with Gasteiger partial charge in [-0.05, 0) is 30.3 Å². The highest BCUT2D eigenvalue weighted by Gasteiger charge is 2.11. The second kappa shape index (κ2) is 8.51. The number of nitriles is 1. The van der Waals surface area contributed by atoms with Gasteiger partial charge in [0, 0.05) is 17.8 Å². The number of ether oxygens (including phenoxy) is 2. The smallest absolute Gasteiger partial charge is 0.274 e. The Bertz CT molecular complexity index is 1050. The van der Waals surface area contributed by atoms with E-state index in [9.17, 15) is 4.79 Å². The summed E-state index contributed by atoms with van der Waals surface area (Å²) in [5.41, 5.74) is 1.76. The van der Waals surface area contributed by atoms with Crippen LogP contribution in [0.3, 0.4) is 0 Å². The summed E-state index contributed by atoms with van der Waals surface area (Å²) in [6.45, 7) is 0. The SMILES string of the molecule is COc1ccc(OC)c(Nc2cc(C(=O)Nc3cccc(C#N)c3)ncn2)c1. The van der Waals surface area contributed by atoms with Crippen molar-refractivity contribution in [3.63, 3.8) is 0 Å². The third-order valence-electron chi connectivity index (χ3n) is 3.82. The summed E-state index contributed by atoms with van der Waals surface area (Å²) in [6.07, 6.45) is 1.29. The van der Waals surface area contributed by atoms with Crippen LogP contribution in [0.15, 0.2) is 54.9 Å². The van der Waals surface area contributed by atoms with E-state index in [0.29, 0.717) is 34.3 Å². The predicted octanol–water partition coefficient (Wildman–Crippen LogP) is 3.36. The fourth-order valence-corrected chi connectivity index (χ4v) is 2.46. The molecule has 3 aromatic rings. The van der Waals surface area contributed by atoms with Gasteiger partial charge in [0.25, 0.3) is 5.91 Å². The molecule has 0 saturated carbocycles. The molecule has 0 aliphatic rings. The van der Waals surface area contributed by atoms with Gasteiger partial charge >= 0.3 is 0 Å². The van der Waals surface area contributed by atoms with Gasteiger partial charge in [0.05, 0.1) is 31.5 Å². The number of hydrogen-bond donors (Lipinski definition) is 2. The summed E-state index contributed by atoms with van der Waals surface area (Å²) in [6, 6.07) is 15.5. The molecule has 1 aromatic heterocycles. The first-order valence-electron chi connectivity index (χ1n) is 8.25. The van der Waals surface area contributed by atoms with Crippen LogP contribution in [0.5, 0.6) is 11.5 Å². The summed E-state index contributed by atoms with van der Waals surface area (Å²) >= 11 is 0. The van der Waals surface area contributed by atoms with Crippen LogP contribution < -0.4 is 20.1 Å². The number of aromatic nitrogens is 2. The minimum Gasteiger partial charge on any atom is -0.497 e. The molecule has 3 rings (SSSR count). The van der Waals surface area contributed by atoms with Crippen molar-refractivity contribution < 1.29 is 14.3 Å². The third kappa shape index (κ3) is 4.34. The van der Waals surface area contributed by atoms with Crippen LogP contribution in [-0.2, 0) is 0 Å². The first-order valence-corrected chi connectivity index (χ1v) is 8.25. The van der Waals surface area contributed by atoms with Crippen LogP contribution in [0.4, 0.5) is 17.2 Å². The quantitative estimate of drug-likeness (QED) is 0.680. The monoisotopic (exact) mass is 375 g/mol. The first-order chi connectivity index (χ1) is 13.6. The van der Waals surface area contributed by atoms with Gasteiger partial charge in [0.15, 0.2) is 0 Å². The fourth-order valence-electron chi connectivity index (χ4n) is 2.46. The number of benzene rings is 2. The van der Waals surface area contributed by atoms with E-state index in [-0.39, 0.29) is 5.69 Å². The van der Waals surface area contributed by atoms with Gasteiger partial charge in [-0.3, -0.25) is 4.79 Å². The summed E-state index contributed by atoms with van der Waals surface area (Å²) in [4.78, 5) is 20.6. The molecule has 0 aliphatic heterocycles. The number of amides is 1. The standard InChI is InChI=1S/C20H17N5O3/c1-27-15-6-7-18(28-2)16(9-15)25-19-10-17(22-12-23-19)20(26)24-14-5-3-4-13(8-14)11-21/h3-10,12H,1-2H3,(H,24,26)(H,22,23,25). The van der Waals surface area contributed by atoms with E-state index in [2.05, 4.69) is 20.6 Å². The molecule has 1 amide bonds. The molecule has 8 heteroatoms. The van der Waals surface area contributed by atoms with Gasteiger partial charge in [-0.25, -0.2) is 9.97 Å². The van der Waals surface area contributed by atoms with Gasteiger partial charge in [-0.1, -0.05) is 6.07 Å². The molecule has 28 heavy (non-hydrogen) atoms. The van der Waals surface area contributed by atoms with E-state index in [1.807, 2.05) is 6.07 Å². The Morgan fingerprint density at radius 1 is 1.07 bits per heavy atom. The van der Waals surface area contributed by atoms with E-state index < -0.39 is 5.91 Å². The van der Waals surface area contributed by atoms with Gasteiger partial charge < -0.3 is 20.1 Å². The summed E-state index contributed by atoms with van der Waals surface area (Å²) in [5, 5.41) is 14.8. The van der Waals surface area contributed by atoms with E-state index >= 15 is 0 Å². The number of anilines is 3. The zero-order valence-electron chi connectivity index (χ0n) is 15.3. The Balaban J connectivity index is 1.80. The maximum absolute atomic E-state index is 12.5. The number of rotatable bonds is 6. The van der Waals surface area contributed by atoms with E-state index in [1.54, 1.807) is 56.7 Å². The molecule has 8 nitrogen and oxygen atoms in total. The second-order valence-corrected chi connectivity index (χ2v) is 5.63. The van der Waals surface area contributed by atoms with Crippen molar-refractivity contribution in [1.29, 1.82) is 5.26 Å². The van der Waals surface area contributed by atoms with Crippen LogP contribution in [-0.4, -0.2) is 30.1 Å². The molecule has 0 radical (unpaired) electrons. The van der Waals surface area contributed by atoms with Crippen molar-refractivity contribution in [1.82, 2.24) is 9.97 Å². The van der Waals surface area contributed by atoms with E-state index in [4.69, 9.17) is 14.7 Å². The first kappa shape index (κ1) is 18.7. The normalized spacial score (nSPS) is 9.89. The molecular formula is C20H17N5O3. The zero-order chi connectivity index (χ0) is 19.9. The van der Waals surface area contributed by atoms with Gasteiger partial charge in [-0.15, -0.1) is 0 Å². The molecule has 0 bridgehead atoms. The lowest BCUT2D eigenvalue weighted by molar-refractivity contribution is 0.102. The highest BCUT2D eigenvalue weighted by Crippen LogP contribution is 2.31. The van der Waals surface area contributed by atoms with Crippen LogP contribution >= 0.6 is 0 Å². The van der Waals surface area contributed by atoms with Crippen molar-refractivity contribution in [2.45, 2.75) is 0 Å². The minimum atomic E-state index is -0.418. The van der Waals surface area contributed by atoms with Crippen LogP contribution in [0, 0.1) is 11.3 Å². The number of methoxy groups -OCH3 is 2. The average molecular weight is 375 g/mol. The summed E-state index contributed by atoms with van der Waals surface area (Å²) < 4.78 is 10.6. The lowest BCUT2D eigenvalue weighted by atomic mass is 10.2. The topological polar surface area (TPSA) is 109 Å². The molecule has 0 saturated heterocycles. The predicted molar refractivity (Wildman–Crippen MR) is 104 cm³/mol. The van der Waals surface area contributed by atoms with Gasteiger partial charge in [-0.2, -0.15) is 5.26 Å². The molecular weight excluding hydrogens is 358 g/mol. The van der Waals surface area contributed by atoms with Crippen molar-refractivity contribution in [3.8, 4) is 17.6 Å². The van der Waals surface area contributed by atoms with Crippen LogP contribution in [0.1, 0.15) is 16.1 Å². The average Bonchev–Trinajstić information content (AvgIpc) is 2.74. The Morgan fingerprint density at radius 2 is 1.93 bits per heavy atom. The molecule has 0 spiro atoms. The van der Waals surface area contributed by atoms with Crippen LogP contribution in [0.2, 0.25) is 0 Å². The Hall–Kier alpha value is -4.12. The number of hydrogen-bond acceptors (Lipinski definition) is 7. The van der Waals surface area contributed by atoms with Gasteiger partial charge in [0.1, 0.15) is 29.3 Å². The van der Waals surface area contributed by atoms with Crippen molar-refractivity contribution >= 4 is 23.1 Å². The van der Waals surface area contributed by atoms with E-state index in [1.165, 1.54) is 12.4 Å². The molecule has 0 atom stereocenters. The number of nitrogens with zero attached hydrogens (tertiary/aromatic N) is 3. The molecule has 140 valence electrons. The Morgan fingerprint density at radius 3 is 2.68 bits per heavy atom. The second-order valence-electron chi connectivity index (χ2n) is 5.63. The van der Waals surface area contributed by atoms with Crippen LogP contribution in [0.25, 0.3) is 0 Å². The van der Waals surface area contributed by atoms with Gasteiger partial charge in [0.2, 0.25) is 0 Å². The fraction of sp³-hybridized carbons (Fsp3) is 0.100.